The second-order valence-corrected chi connectivity index (χ2v) is 9.04. The molecule has 2 aliphatic heterocycles. The Morgan fingerprint density at radius 3 is 2.61 bits per heavy atom. The van der Waals surface area contributed by atoms with Crippen LogP contribution >= 0.6 is 0 Å². The summed E-state index contributed by atoms with van der Waals surface area (Å²) in [4.78, 5) is 22.5. The molecule has 174 valence electrons. The molecule has 2 atom stereocenters. The number of ether oxygens (including phenoxy) is 2. The van der Waals surface area contributed by atoms with Gasteiger partial charge in [0.25, 0.3) is 5.56 Å². The van der Waals surface area contributed by atoms with Crippen molar-refractivity contribution in [2.75, 3.05) is 19.8 Å². The molecule has 2 fully saturated rings. The maximum absolute atomic E-state index is 14.8. The molecular weight excluding hydrogens is 428 g/mol. The summed E-state index contributed by atoms with van der Waals surface area (Å²) >= 11 is 0. The molecule has 8 heteroatoms. The summed E-state index contributed by atoms with van der Waals surface area (Å²) in [5.74, 6) is -0.907. The molecule has 3 aromatic rings. The van der Waals surface area contributed by atoms with Gasteiger partial charge in [-0.25, -0.2) is 18.7 Å². The van der Waals surface area contributed by atoms with Gasteiger partial charge < -0.3 is 9.47 Å². The van der Waals surface area contributed by atoms with Crippen molar-refractivity contribution in [3.8, 4) is 11.3 Å². The van der Waals surface area contributed by atoms with Crippen molar-refractivity contribution in [2.45, 2.75) is 51.6 Å². The van der Waals surface area contributed by atoms with Gasteiger partial charge in [-0.2, -0.15) is 0 Å². The van der Waals surface area contributed by atoms with Crippen LogP contribution in [0, 0.1) is 31.4 Å². The second kappa shape index (κ2) is 8.91. The van der Waals surface area contributed by atoms with Crippen LogP contribution in [0.1, 0.15) is 48.6 Å². The van der Waals surface area contributed by atoms with Crippen LogP contribution in [0.3, 0.4) is 0 Å². The molecule has 0 unspecified atom stereocenters. The number of benzene rings is 1. The lowest BCUT2D eigenvalue weighted by molar-refractivity contribution is -0.0616. The predicted molar refractivity (Wildman–Crippen MR) is 119 cm³/mol. The molecule has 0 saturated carbocycles. The molecule has 33 heavy (non-hydrogen) atoms. The van der Waals surface area contributed by atoms with E-state index in [1.807, 2.05) is 0 Å². The quantitative estimate of drug-likeness (QED) is 0.588. The summed E-state index contributed by atoms with van der Waals surface area (Å²) in [5, 5.41) is 0. The normalized spacial score (nSPS) is 22.1. The van der Waals surface area contributed by atoms with E-state index in [0.717, 1.165) is 45.0 Å². The van der Waals surface area contributed by atoms with E-state index in [2.05, 4.69) is 4.98 Å². The van der Waals surface area contributed by atoms with E-state index >= 15 is 0 Å². The minimum absolute atomic E-state index is 0.0618. The lowest BCUT2D eigenvalue weighted by Gasteiger charge is -2.36. The minimum atomic E-state index is -0.735. The Labute approximate surface area is 190 Å². The van der Waals surface area contributed by atoms with Gasteiger partial charge in [0.1, 0.15) is 17.3 Å². The zero-order chi connectivity index (χ0) is 23.1. The first-order chi connectivity index (χ1) is 15.9. The maximum atomic E-state index is 14.8. The van der Waals surface area contributed by atoms with Gasteiger partial charge in [-0.05, 0) is 57.6 Å². The molecule has 1 aromatic carbocycles. The Morgan fingerprint density at radius 1 is 1.06 bits per heavy atom. The lowest BCUT2D eigenvalue weighted by Crippen LogP contribution is -2.35. The second-order valence-electron chi connectivity index (χ2n) is 9.04. The molecule has 4 heterocycles. The van der Waals surface area contributed by atoms with Crippen molar-refractivity contribution in [1.29, 1.82) is 0 Å². The molecule has 2 saturated heterocycles. The third-order valence-corrected chi connectivity index (χ3v) is 7.01. The fourth-order valence-electron chi connectivity index (χ4n) is 4.93. The molecule has 0 N–H and O–H groups in total. The van der Waals surface area contributed by atoms with E-state index in [4.69, 9.17) is 14.5 Å². The van der Waals surface area contributed by atoms with Crippen LogP contribution in [0.15, 0.2) is 29.2 Å². The standard InChI is InChI=1S/C25H27F2N3O3/c1-14-15(2)28-24-23(19-4-3-18(26)12-20(19)27)29-21(13-30(24)25(14)31)17-7-10-33-22(11-17)16-5-8-32-9-6-16/h3-4,12-13,16-17,22H,5-11H2,1-2H3/t17-,22+/m1/s1. The molecule has 6 nitrogen and oxygen atoms in total. The fraction of sp³-hybridized carbons (Fsp3) is 0.480. The Hall–Kier alpha value is -2.71. The lowest BCUT2D eigenvalue weighted by atomic mass is 9.83. The van der Waals surface area contributed by atoms with E-state index in [0.29, 0.717) is 29.5 Å². The van der Waals surface area contributed by atoms with Crippen LogP contribution in [0.2, 0.25) is 0 Å². The number of aryl methyl sites for hydroxylation is 1. The third kappa shape index (κ3) is 4.17. The van der Waals surface area contributed by atoms with Crippen molar-refractivity contribution >= 4 is 5.65 Å². The monoisotopic (exact) mass is 455 g/mol. The molecular formula is C25H27F2N3O3. The zero-order valence-corrected chi connectivity index (χ0v) is 18.8. The van der Waals surface area contributed by atoms with Crippen LogP contribution in [-0.2, 0) is 9.47 Å². The SMILES string of the molecule is Cc1nc2c(-c3ccc(F)cc3F)nc([C@@H]3CCO[C@H](C4CCOCC4)C3)cn2c(=O)c1C. The van der Waals surface area contributed by atoms with E-state index in [9.17, 15) is 13.6 Å². The van der Waals surface area contributed by atoms with Crippen LogP contribution in [0.5, 0.6) is 0 Å². The first-order valence-corrected chi connectivity index (χ1v) is 11.5. The first kappa shape index (κ1) is 22.1. The highest BCUT2D eigenvalue weighted by Gasteiger charge is 2.32. The number of aromatic nitrogens is 3. The summed E-state index contributed by atoms with van der Waals surface area (Å²) in [6.07, 6.45) is 5.31. The van der Waals surface area contributed by atoms with Crippen LogP contribution in [0.25, 0.3) is 16.9 Å². The topological polar surface area (TPSA) is 65.7 Å². The highest BCUT2D eigenvalue weighted by atomic mass is 19.1. The number of nitrogens with zero attached hydrogens (tertiary/aromatic N) is 3. The Bertz CT molecular complexity index is 1250. The summed E-state index contributed by atoms with van der Waals surface area (Å²) in [7, 11) is 0. The predicted octanol–water partition coefficient (Wildman–Crippen LogP) is 4.34. The van der Waals surface area contributed by atoms with Gasteiger partial charge in [0.2, 0.25) is 0 Å². The smallest absolute Gasteiger partial charge is 0.261 e. The molecule has 0 aliphatic carbocycles. The number of fused-ring (bicyclic) bond motifs is 1. The number of rotatable bonds is 3. The van der Waals surface area contributed by atoms with Gasteiger partial charge in [-0.1, -0.05) is 0 Å². The third-order valence-electron chi connectivity index (χ3n) is 7.01. The van der Waals surface area contributed by atoms with Crippen molar-refractivity contribution < 1.29 is 18.3 Å². The number of halogens is 2. The average molecular weight is 456 g/mol. The number of hydrogen-bond acceptors (Lipinski definition) is 5. The molecule has 2 aliphatic rings. The van der Waals surface area contributed by atoms with Crippen LogP contribution < -0.4 is 5.56 Å². The Morgan fingerprint density at radius 2 is 1.85 bits per heavy atom. The molecule has 0 bridgehead atoms. The molecule has 2 aromatic heterocycles. The van der Waals surface area contributed by atoms with Gasteiger partial charge in [0.05, 0.1) is 11.8 Å². The highest BCUT2D eigenvalue weighted by molar-refractivity contribution is 5.74. The Kier molecular flexibility index (Phi) is 5.97. The van der Waals surface area contributed by atoms with Crippen molar-refractivity contribution in [2.24, 2.45) is 5.92 Å². The summed E-state index contributed by atoms with van der Waals surface area (Å²) < 4.78 is 41.4. The zero-order valence-electron chi connectivity index (χ0n) is 18.8. The highest BCUT2D eigenvalue weighted by Crippen LogP contribution is 2.36. The van der Waals surface area contributed by atoms with Gasteiger partial charge >= 0.3 is 0 Å². The van der Waals surface area contributed by atoms with Gasteiger partial charge in [0.15, 0.2) is 5.65 Å². The van der Waals surface area contributed by atoms with Crippen LogP contribution in [-0.4, -0.2) is 40.3 Å². The average Bonchev–Trinajstić information content (AvgIpc) is 2.83. The molecule has 0 spiro atoms. The Balaban J connectivity index is 1.63. The largest absolute Gasteiger partial charge is 0.381 e. The molecule has 0 amide bonds. The van der Waals surface area contributed by atoms with E-state index < -0.39 is 11.6 Å². The van der Waals surface area contributed by atoms with Gasteiger partial charge in [-0.15, -0.1) is 0 Å². The number of hydrogen-bond donors (Lipinski definition) is 0. The van der Waals surface area contributed by atoms with E-state index in [-0.39, 0.29) is 34.5 Å². The summed E-state index contributed by atoms with van der Waals surface area (Å²) in [6, 6.07) is 3.37. The summed E-state index contributed by atoms with van der Waals surface area (Å²) in [5.41, 5.74) is 2.22. The first-order valence-electron chi connectivity index (χ1n) is 11.5. The van der Waals surface area contributed by atoms with Crippen molar-refractivity contribution in [1.82, 2.24) is 14.4 Å². The molecule has 5 rings (SSSR count). The minimum Gasteiger partial charge on any atom is -0.381 e. The van der Waals surface area contributed by atoms with Gasteiger partial charge in [0, 0.05) is 54.8 Å². The fourth-order valence-corrected chi connectivity index (χ4v) is 4.93. The van der Waals surface area contributed by atoms with Crippen molar-refractivity contribution in [3.63, 3.8) is 0 Å². The molecule has 0 radical (unpaired) electrons. The van der Waals surface area contributed by atoms with Crippen LogP contribution in [0.4, 0.5) is 8.78 Å². The van der Waals surface area contributed by atoms with Crippen molar-refractivity contribution in [3.05, 3.63) is 63.3 Å². The van der Waals surface area contributed by atoms with E-state index in [1.165, 1.54) is 16.5 Å². The van der Waals surface area contributed by atoms with E-state index in [1.54, 1.807) is 20.0 Å². The summed E-state index contributed by atoms with van der Waals surface area (Å²) in [6.45, 7) is 5.57. The maximum Gasteiger partial charge on any atom is 0.261 e. The van der Waals surface area contributed by atoms with Gasteiger partial charge in [-0.3, -0.25) is 9.20 Å².